The first-order chi connectivity index (χ1) is 11.5. The van der Waals surface area contributed by atoms with Crippen LogP contribution in [0.25, 0.3) is 6.08 Å². The van der Waals surface area contributed by atoms with Crippen LogP contribution >= 0.6 is 0 Å². The van der Waals surface area contributed by atoms with Gasteiger partial charge in [0.15, 0.2) is 0 Å². The van der Waals surface area contributed by atoms with Gasteiger partial charge in [0.25, 0.3) is 0 Å². The topological polar surface area (TPSA) is 39.4 Å². The third-order valence-electron chi connectivity index (χ3n) is 3.71. The molecule has 0 aliphatic heterocycles. The molecule has 1 rings (SSSR count). The van der Waals surface area contributed by atoms with Gasteiger partial charge in [0, 0.05) is 11.6 Å². The van der Waals surface area contributed by atoms with Gasteiger partial charge in [-0.15, -0.1) is 0 Å². The maximum atomic E-state index is 11.5. The fraction of sp³-hybridized carbons (Fsp3) is 0.381. The van der Waals surface area contributed by atoms with Gasteiger partial charge in [0.1, 0.15) is 5.76 Å². The predicted molar refractivity (Wildman–Crippen MR) is 99.7 cm³/mol. The summed E-state index contributed by atoms with van der Waals surface area (Å²) in [6.07, 6.45) is 15.2. The Morgan fingerprint density at radius 3 is 2.38 bits per heavy atom. The summed E-state index contributed by atoms with van der Waals surface area (Å²) in [5, 5.41) is 0. The van der Waals surface area contributed by atoms with Crippen LogP contribution in [0.4, 0.5) is 0 Å². The number of carbonyl (C=O) groups excluding carboxylic acids is 1. The lowest BCUT2D eigenvalue weighted by Gasteiger charge is -1.99. The number of carbonyl (C=O) groups is 1. The molecule has 1 aromatic rings. The monoisotopic (exact) mass is 328 g/mol. The van der Waals surface area contributed by atoms with Crippen molar-refractivity contribution in [2.45, 2.75) is 47.5 Å². The molecule has 0 amide bonds. The Bertz CT molecular complexity index is 635. The van der Waals surface area contributed by atoms with Crippen LogP contribution in [0.5, 0.6) is 0 Å². The van der Waals surface area contributed by atoms with Gasteiger partial charge >= 0.3 is 5.97 Å². The SMILES string of the molecule is CCOC(=O)C=C(C=CC=C(C=Cc1c(C)coc1C)CC)CC. The van der Waals surface area contributed by atoms with E-state index in [0.29, 0.717) is 6.61 Å². The molecule has 0 spiro atoms. The molecule has 0 N–H and O–H groups in total. The number of hydrogen-bond donors (Lipinski definition) is 0. The minimum Gasteiger partial charge on any atom is -0.469 e. The number of ether oxygens (including phenoxy) is 1. The molecule has 0 aliphatic carbocycles. The quantitative estimate of drug-likeness (QED) is 0.349. The number of esters is 1. The van der Waals surface area contributed by atoms with E-state index in [1.807, 2.05) is 32.9 Å². The average Bonchev–Trinajstić information content (AvgIpc) is 2.88. The van der Waals surface area contributed by atoms with Gasteiger partial charge in [0.2, 0.25) is 0 Å². The van der Waals surface area contributed by atoms with Gasteiger partial charge in [-0.05, 0) is 50.3 Å². The molecule has 0 bridgehead atoms. The van der Waals surface area contributed by atoms with Gasteiger partial charge in [-0.25, -0.2) is 4.79 Å². The molecule has 3 heteroatoms. The molecule has 1 heterocycles. The maximum Gasteiger partial charge on any atom is 0.331 e. The molecule has 0 unspecified atom stereocenters. The normalized spacial score (nSPS) is 13.2. The van der Waals surface area contributed by atoms with Crippen molar-refractivity contribution in [2.24, 2.45) is 0 Å². The van der Waals surface area contributed by atoms with E-state index in [2.05, 4.69) is 25.2 Å². The summed E-state index contributed by atoms with van der Waals surface area (Å²) in [5.74, 6) is 0.643. The van der Waals surface area contributed by atoms with Crippen LogP contribution in [0, 0.1) is 13.8 Å². The summed E-state index contributed by atoms with van der Waals surface area (Å²) in [4.78, 5) is 11.5. The molecule has 0 saturated carbocycles. The van der Waals surface area contributed by atoms with E-state index in [0.717, 1.165) is 35.3 Å². The second kappa shape index (κ2) is 10.5. The van der Waals surface area contributed by atoms with Crippen LogP contribution in [-0.4, -0.2) is 12.6 Å². The molecular weight excluding hydrogens is 300 g/mol. The lowest BCUT2D eigenvalue weighted by Crippen LogP contribution is -2.00. The molecule has 0 atom stereocenters. The predicted octanol–water partition coefficient (Wildman–Crippen LogP) is 5.70. The number of aryl methyl sites for hydroxylation is 2. The van der Waals surface area contributed by atoms with Gasteiger partial charge in [-0.1, -0.05) is 44.2 Å². The lowest BCUT2D eigenvalue weighted by atomic mass is 10.1. The Hall–Kier alpha value is -2.29. The minimum atomic E-state index is -0.288. The van der Waals surface area contributed by atoms with Crippen molar-refractivity contribution in [2.75, 3.05) is 6.61 Å². The molecule has 3 nitrogen and oxygen atoms in total. The largest absolute Gasteiger partial charge is 0.469 e. The van der Waals surface area contributed by atoms with Crippen molar-refractivity contribution >= 4 is 12.0 Å². The highest BCUT2D eigenvalue weighted by Gasteiger charge is 2.02. The molecule has 0 aromatic carbocycles. The zero-order chi connectivity index (χ0) is 17.9. The summed E-state index contributed by atoms with van der Waals surface area (Å²) >= 11 is 0. The van der Waals surface area contributed by atoms with E-state index in [-0.39, 0.29) is 5.97 Å². The second-order valence-electron chi connectivity index (χ2n) is 5.50. The third kappa shape index (κ3) is 6.45. The molecule has 0 fully saturated rings. The summed E-state index contributed by atoms with van der Waals surface area (Å²) < 4.78 is 10.3. The van der Waals surface area contributed by atoms with Crippen LogP contribution in [-0.2, 0) is 9.53 Å². The van der Waals surface area contributed by atoms with E-state index < -0.39 is 0 Å². The Labute approximate surface area is 145 Å². The van der Waals surface area contributed by atoms with Crippen LogP contribution in [0.3, 0.4) is 0 Å². The van der Waals surface area contributed by atoms with E-state index >= 15 is 0 Å². The van der Waals surface area contributed by atoms with E-state index in [1.165, 1.54) is 5.57 Å². The fourth-order valence-electron chi connectivity index (χ4n) is 2.21. The second-order valence-corrected chi connectivity index (χ2v) is 5.50. The van der Waals surface area contributed by atoms with Gasteiger partial charge in [-0.2, -0.15) is 0 Å². The third-order valence-corrected chi connectivity index (χ3v) is 3.71. The minimum absolute atomic E-state index is 0.288. The number of furan rings is 1. The van der Waals surface area contributed by atoms with Gasteiger partial charge in [-0.3, -0.25) is 0 Å². The first kappa shape index (κ1) is 19.8. The van der Waals surface area contributed by atoms with Crippen LogP contribution in [0.15, 0.2) is 52.2 Å². The van der Waals surface area contributed by atoms with Crippen LogP contribution < -0.4 is 0 Å². The highest BCUT2D eigenvalue weighted by molar-refractivity contribution is 5.83. The van der Waals surface area contributed by atoms with Crippen molar-refractivity contribution in [3.8, 4) is 0 Å². The van der Waals surface area contributed by atoms with Crippen molar-refractivity contribution < 1.29 is 13.9 Å². The Kier molecular flexibility index (Phi) is 8.63. The van der Waals surface area contributed by atoms with Crippen molar-refractivity contribution in [1.82, 2.24) is 0 Å². The number of hydrogen-bond acceptors (Lipinski definition) is 3. The average molecular weight is 328 g/mol. The molecule has 24 heavy (non-hydrogen) atoms. The summed E-state index contributed by atoms with van der Waals surface area (Å²) in [6, 6.07) is 0. The number of allylic oxidation sites excluding steroid dienone is 6. The van der Waals surface area contributed by atoms with Gasteiger partial charge < -0.3 is 9.15 Å². The Morgan fingerprint density at radius 1 is 1.12 bits per heavy atom. The zero-order valence-electron chi connectivity index (χ0n) is 15.4. The Balaban J connectivity index is 2.82. The first-order valence-electron chi connectivity index (χ1n) is 8.49. The van der Waals surface area contributed by atoms with Crippen molar-refractivity contribution in [3.63, 3.8) is 0 Å². The molecule has 0 saturated heterocycles. The zero-order valence-corrected chi connectivity index (χ0v) is 15.4. The fourth-order valence-corrected chi connectivity index (χ4v) is 2.21. The molecule has 0 radical (unpaired) electrons. The first-order valence-corrected chi connectivity index (χ1v) is 8.49. The van der Waals surface area contributed by atoms with E-state index in [9.17, 15) is 4.79 Å². The van der Waals surface area contributed by atoms with E-state index in [1.54, 1.807) is 19.3 Å². The standard InChI is InChI=1S/C21H28O3/c1-6-18(12-13-20-16(4)15-24-17(20)5)10-9-11-19(7-2)14-21(22)23-8-3/h9-15H,6-8H2,1-5H3. The van der Waals surface area contributed by atoms with E-state index in [4.69, 9.17) is 9.15 Å². The highest BCUT2D eigenvalue weighted by Crippen LogP contribution is 2.18. The van der Waals surface area contributed by atoms with Gasteiger partial charge in [0.05, 0.1) is 12.9 Å². The summed E-state index contributed by atoms with van der Waals surface area (Å²) in [5.41, 5.74) is 4.43. The highest BCUT2D eigenvalue weighted by atomic mass is 16.5. The summed E-state index contributed by atoms with van der Waals surface area (Å²) in [7, 11) is 0. The summed E-state index contributed by atoms with van der Waals surface area (Å²) in [6.45, 7) is 10.3. The molecule has 130 valence electrons. The molecule has 1 aromatic heterocycles. The molecule has 0 aliphatic rings. The molecular formula is C21H28O3. The Morgan fingerprint density at radius 2 is 1.83 bits per heavy atom. The van der Waals surface area contributed by atoms with Crippen molar-refractivity contribution in [1.29, 1.82) is 0 Å². The lowest BCUT2D eigenvalue weighted by molar-refractivity contribution is -0.137. The van der Waals surface area contributed by atoms with Crippen molar-refractivity contribution in [3.05, 3.63) is 64.7 Å². The number of rotatable bonds is 8. The van der Waals surface area contributed by atoms with Crippen LogP contribution in [0.1, 0.15) is 50.5 Å². The smallest absolute Gasteiger partial charge is 0.331 e. The van der Waals surface area contributed by atoms with Crippen LogP contribution in [0.2, 0.25) is 0 Å². The maximum absolute atomic E-state index is 11.5.